The van der Waals surface area contributed by atoms with Crippen LogP contribution in [0.5, 0.6) is 0 Å². The zero-order valence-electron chi connectivity index (χ0n) is 12.3. The molecule has 0 atom stereocenters. The molecule has 0 unspecified atom stereocenters. The van der Waals surface area contributed by atoms with Gasteiger partial charge in [0.15, 0.2) is 0 Å². The van der Waals surface area contributed by atoms with Gasteiger partial charge in [-0.1, -0.05) is 24.4 Å². The van der Waals surface area contributed by atoms with E-state index in [1.54, 1.807) is 12.1 Å². The van der Waals surface area contributed by atoms with Crippen molar-refractivity contribution in [1.29, 1.82) is 0 Å². The quantitative estimate of drug-likeness (QED) is 0.477. The highest BCUT2D eigenvalue weighted by Gasteiger charge is 2.19. The maximum Gasteiger partial charge on any atom is 0.273 e. The lowest BCUT2D eigenvalue weighted by molar-refractivity contribution is -0.385. The average Bonchev–Trinajstić information content (AvgIpc) is 2.97. The van der Waals surface area contributed by atoms with Crippen LogP contribution in [0.15, 0.2) is 18.2 Å². The fraction of sp³-hybridized carbons (Fsp3) is 0.600. The first-order chi connectivity index (χ1) is 10.1. The molecule has 2 rings (SSSR count). The standard InChI is InChI=1S/C15H22ClN3O2/c1-18(14-4-2-3-5-14)9-8-17-11-12-10-13(16)6-7-15(12)19(20)21/h6-7,10,14,17H,2-5,8-9,11H2,1H3. The number of likely N-dealkylation sites (N-methyl/N-ethyl adjacent to an activating group) is 1. The number of hydrogen-bond acceptors (Lipinski definition) is 4. The Labute approximate surface area is 130 Å². The molecule has 0 aliphatic heterocycles. The van der Waals surface area contributed by atoms with E-state index >= 15 is 0 Å². The molecule has 0 heterocycles. The fourth-order valence-corrected chi connectivity index (χ4v) is 3.07. The van der Waals surface area contributed by atoms with Gasteiger partial charge in [-0.15, -0.1) is 0 Å². The minimum Gasteiger partial charge on any atom is -0.311 e. The summed E-state index contributed by atoms with van der Waals surface area (Å²) < 4.78 is 0. The number of hydrogen-bond donors (Lipinski definition) is 1. The van der Waals surface area contributed by atoms with Crippen LogP contribution < -0.4 is 5.32 Å². The highest BCUT2D eigenvalue weighted by Crippen LogP contribution is 2.23. The summed E-state index contributed by atoms with van der Waals surface area (Å²) in [7, 11) is 2.15. The number of benzene rings is 1. The number of halogens is 1. The molecule has 5 nitrogen and oxygen atoms in total. The molecule has 116 valence electrons. The van der Waals surface area contributed by atoms with E-state index in [1.165, 1.54) is 31.7 Å². The number of nitrogens with zero attached hydrogens (tertiary/aromatic N) is 2. The Kier molecular flexibility index (Phi) is 5.96. The summed E-state index contributed by atoms with van der Waals surface area (Å²) in [6, 6.07) is 5.38. The lowest BCUT2D eigenvalue weighted by atomic mass is 10.2. The summed E-state index contributed by atoms with van der Waals surface area (Å²) in [5.74, 6) is 0. The van der Waals surface area contributed by atoms with Crippen LogP contribution in [-0.2, 0) is 6.54 Å². The molecule has 0 aromatic heterocycles. The van der Waals surface area contributed by atoms with E-state index in [-0.39, 0.29) is 10.6 Å². The normalized spacial score (nSPS) is 15.8. The van der Waals surface area contributed by atoms with Crippen LogP contribution in [0.1, 0.15) is 31.2 Å². The number of nitro groups is 1. The molecular weight excluding hydrogens is 290 g/mol. The Morgan fingerprint density at radius 2 is 2.14 bits per heavy atom. The van der Waals surface area contributed by atoms with Crippen molar-refractivity contribution in [2.75, 3.05) is 20.1 Å². The van der Waals surface area contributed by atoms with Crippen LogP contribution in [0, 0.1) is 10.1 Å². The van der Waals surface area contributed by atoms with Crippen molar-refractivity contribution in [3.8, 4) is 0 Å². The van der Waals surface area contributed by atoms with E-state index in [0.717, 1.165) is 13.1 Å². The van der Waals surface area contributed by atoms with Gasteiger partial charge in [-0.05, 0) is 32.0 Å². The second-order valence-corrected chi connectivity index (χ2v) is 6.06. The van der Waals surface area contributed by atoms with E-state index < -0.39 is 0 Å². The summed E-state index contributed by atoms with van der Waals surface area (Å²) in [5.41, 5.74) is 0.757. The summed E-state index contributed by atoms with van der Waals surface area (Å²) in [6.07, 6.45) is 5.24. The van der Waals surface area contributed by atoms with E-state index in [4.69, 9.17) is 11.6 Å². The van der Waals surface area contributed by atoms with Gasteiger partial charge in [0.2, 0.25) is 0 Å². The van der Waals surface area contributed by atoms with Crippen molar-refractivity contribution in [3.05, 3.63) is 38.9 Å². The topological polar surface area (TPSA) is 58.4 Å². The Morgan fingerprint density at radius 3 is 2.81 bits per heavy atom. The third kappa shape index (κ3) is 4.66. The number of nitro benzene ring substituents is 1. The van der Waals surface area contributed by atoms with Crippen molar-refractivity contribution in [2.24, 2.45) is 0 Å². The molecule has 0 amide bonds. The first kappa shape index (κ1) is 16.2. The van der Waals surface area contributed by atoms with Crippen molar-refractivity contribution in [2.45, 2.75) is 38.3 Å². The van der Waals surface area contributed by atoms with Gasteiger partial charge in [-0.25, -0.2) is 0 Å². The van der Waals surface area contributed by atoms with E-state index in [2.05, 4.69) is 17.3 Å². The molecule has 1 N–H and O–H groups in total. The second-order valence-electron chi connectivity index (χ2n) is 5.63. The monoisotopic (exact) mass is 311 g/mol. The van der Waals surface area contributed by atoms with Crippen LogP contribution >= 0.6 is 11.6 Å². The fourth-order valence-electron chi connectivity index (χ4n) is 2.88. The van der Waals surface area contributed by atoms with Gasteiger partial charge in [0.05, 0.1) is 4.92 Å². The maximum absolute atomic E-state index is 11.0. The number of nitrogens with one attached hydrogen (secondary N) is 1. The Hall–Kier alpha value is -1.17. The van der Waals surface area contributed by atoms with Gasteiger partial charge in [0, 0.05) is 42.3 Å². The average molecular weight is 312 g/mol. The molecule has 1 aliphatic rings. The highest BCUT2D eigenvalue weighted by molar-refractivity contribution is 6.30. The molecule has 0 spiro atoms. The van der Waals surface area contributed by atoms with E-state index in [0.29, 0.717) is 23.2 Å². The minimum absolute atomic E-state index is 0.121. The van der Waals surface area contributed by atoms with Gasteiger partial charge < -0.3 is 10.2 Å². The molecule has 0 bridgehead atoms. The second kappa shape index (κ2) is 7.73. The Bertz CT molecular complexity index is 490. The molecule has 1 fully saturated rings. The van der Waals surface area contributed by atoms with E-state index in [1.807, 2.05) is 0 Å². The van der Waals surface area contributed by atoms with E-state index in [9.17, 15) is 10.1 Å². The predicted molar refractivity (Wildman–Crippen MR) is 84.7 cm³/mol. The Morgan fingerprint density at radius 1 is 1.43 bits per heavy atom. The largest absolute Gasteiger partial charge is 0.311 e. The lowest BCUT2D eigenvalue weighted by Gasteiger charge is -2.23. The predicted octanol–water partition coefficient (Wildman–Crippen LogP) is 3.21. The van der Waals surface area contributed by atoms with Crippen molar-refractivity contribution in [3.63, 3.8) is 0 Å². The van der Waals surface area contributed by atoms with Crippen LogP contribution in [0.3, 0.4) is 0 Å². The molecule has 21 heavy (non-hydrogen) atoms. The van der Waals surface area contributed by atoms with Crippen molar-refractivity contribution in [1.82, 2.24) is 10.2 Å². The molecular formula is C15H22ClN3O2. The SMILES string of the molecule is CN(CCNCc1cc(Cl)ccc1[N+](=O)[O-])C1CCCC1. The summed E-state index contributed by atoms with van der Waals surface area (Å²) >= 11 is 5.91. The third-order valence-electron chi connectivity index (χ3n) is 4.14. The summed E-state index contributed by atoms with van der Waals surface area (Å²) in [5, 5.41) is 14.8. The highest BCUT2D eigenvalue weighted by atomic mass is 35.5. The maximum atomic E-state index is 11.0. The molecule has 1 aromatic carbocycles. The first-order valence-corrected chi connectivity index (χ1v) is 7.79. The molecule has 1 aliphatic carbocycles. The zero-order valence-corrected chi connectivity index (χ0v) is 13.1. The molecule has 0 saturated heterocycles. The number of rotatable bonds is 7. The van der Waals surface area contributed by atoms with Gasteiger partial charge in [0.25, 0.3) is 5.69 Å². The van der Waals surface area contributed by atoms with Crippen LogP contribution in [0.4, 0.5) is 5.69 Å². The van der Waals surface area contributed by atoms with Crippen LogP contribution in [0.2, 0.25) is 5.02 Å². The lowest BCUT2D eigenvalue weighted by Crippen LogP contribution is -2.35. The van der Waals surface area contributed by atoms with Crippen LogP contribution in [0.25, 0.3) is 0 Å². The zero-order chi connectivity index (χ0) is 15.2. The Balaban J connectivity index is 1.80. The van der Waals surface area contributed by atoms with Crippen molar-refractivity contribution >= 4 is 17.3 Å². The first-order valence-electron chi connectivity index (χ1n) is 7.41. The molecule has 6 heteroatoms. The smallest absolute Gasteiger partial charge is 0.273 e. The van der Waals surface area contributed by atoms with Crippen molar-refractivity contribution < 1.29 is 4.92 Å². The van der Waals surface area contributed by atoms with Gasteiger partial charge in [-0.2, -0.15) is 0 Å². The van der Waals surface area contributed by atoms with Gasteiger partial charge >= 0.3 is 0 Å². The summed E-state index contributed by atoms with van der Waals surface area (Å²) in [6.45, 7) is 2.24. The van der Waals surface area contributed by atoms with Crippen LogP contribution in [-0.4, -0.2) is 36.0 Å². The minimum atomic E-state index is -0.363. The van der Waals surface area contributed by atoms with Gasteiger partial charge in [-0.3, -0.25) is 10.1 Å². The molecule has 0 radical (unpaired) electrons. The summed E-state index contributed by atoms with van der Waals surface area (Å²) in [4.78, 5) is 13.0. The third-order valence-corrected chi connectivity index (χ3v) is 4.38. The molecule has 1 aromatic rings. The molecule has 1 saturated carbocycles. The van der Waals surface area contributed by atoms with Gasteiger partial charge in [0.1, 0.15) is 0 Å².